The standard InChI is InChI=1S/C11H22ClN/c1-10-6-3-4-7-11(10,2)13-9-5-8-12/h10,13H,3-9H2,1-2H3. The Balaban J connectivity index is 2.33. The van der Waals surface area contributed by atoms with Gasteiger partial charge in [-0.2, -0.15) is 0 Å². The van der Waals surface area contributed by atoms with E-state index >= 15 is 0 Å². The molecule has 1 rings (SSSR count). The Bertz CT molecular complexity index is 149. The maximum absolute atomic E-state index is 5.66. The Labute approximate surface area is 87.2 Å². The monoisotopic (exact) mass is 203 g/mol. The van der Waals surface area contributed by atoms with E-state index in [0.29, 0.717) is 5.54 Å². The van der Waals surface area contributed by atoms with Crippen LogP contribution in [0.15, 0.2) is 0 Å². The van der Waals surface area contributed by atoms with E-state index in [1.807, 2.05) is 0 Å². The number of hydrogen-bond acceptors (Lipinski definition) is 1. The SMILES string of the molecule is CC1CCCCC1(C)NCCCCl. The third kappa shape index (κ3) is 3.14. The van der Waals surface area contributed by atoms with Gasteiger partial charge in [0.1, 0.15) is 0 Å². The molecule has 0 aromatic carbocycles. The molecule has 0 aliphatic heterocycles. The van der Waals surface area contributed by atoms with Gasteiger partial charge in [-0.05, 0) is 38.6 Å². The van der Waals surface area contributed by atoms with E-state index in [4.69, 9.17) is 11.6 Å². The molecule has 1 N–H and O–H groups in total. The predicted octanol–water partition coefficient (Wildman–Crippen LogP) is 3.17. The van der Waals surface area contributed by atoms with Crippen molar-refractivity contribution in [2.45, 2.75) is 51.5 Å². The van der Waals surface area contributed by atoms with Crippen LogP contribution in [-0.2, 0) is 0 Å². The van der Waals surface area contributed by atoms with Crippen LogP contribution in [0, 0.1) is 5.92 Å². The zero-order valence-electron chi connectivity index (χ0n) is 8.91. The van der Waals surface area contributed by atoms with Crippen molar-refractivity contribution < 1.29 is 0 Å². The summed E-state index contributed by atoms with van der Waals surface area (Å²) in [6.45, 7) is 5.81. The maximum atomic E-state index is 5.66. The van der Waals surface area contributed by atoms with Gasteiger partial charge in [-0.1, -0.05) is 19.8 Å². The van der Waals surface area contributed by atoms with Crippen LogP contribution in [0.1, 0.15) is 46.0 Å². The lowest BCUT2D eigenvalue weighted by Crippen LogP contribution is -2.49. The normalized spacial score (nSPS) is 34.8. The van der Waals surface area contributed by atoms with E-state index in [1.165, 1.54) is 25.7 Å². The van der Waals surface area contributed by atoms with Crippen LogP contribution in [0.5, 0.6) is 0 Å². The van der Waals surface area contributed by atoms with E-state index in [9.17, 15) is 0 Å². The predicted molar refractivity (Wildman–Crippen MR) is 59.4 cm³/mol. The molecule has 0 amide bonds. The molecule has 0 aromatic heterocycles. The minimum atomic E-state index is 0.379. The first kappa shape index (κ1) is 11.3. The van der Waals surface area contributed by atoms with Crippen molar-refractivity contribution >= 4 is 11.6 Å². The first-order valence-corrected chi connectivity index (χ1v) is 6.03. The molecule has 1 aliphatic carbocycles. The molecule has 2 heteroatoms. The lowest BCUT2D eigenvalue weighted by atomic mass is 9.75. The van der Waals surface area contributed by atoms with Crippen molar-refractivity contribution in [3.05, 3.63) is 0 Å². The highest BCUT2D eigenvalue weighted by Crippen LogP contribution is 2.32. The van der Waals surface area contributed by atoms with Gasteiger partial charge < -0.3 is 5.32 Å². The summed E-state index contributed by atoms with van der Waals surface area (Å²) in [5.74, 6) is 1.59. The molecule has 0 heterocycles. The molecule has 2 atom stereocenters. The van der Waals surface area contributed by atoms with Crippen LogP contribution in [0.25, 0.3) is 0 Å². The minimum Gasteiger partial charge on any atom is -0.311 e. The van der Waals surface area contributed by atoms with Crippen LogP contribution in [0.3, 0.4) is 0 Å². The minimum absolute atomic E-state index is 0.379. The molecule has 2 unspecified atom stereocenters. The van der Waals surface area contributed by atoms with Gasteiger partial charge in [0.25, 0.3) is 0 Å². The van der Waals surface area contributed by atoms with Crippen LogP contribution >= 0.6 is 11.6 Å². The van der Waals surface area contributed by atoms with E-state index in [2.05, 4.69) is 19.2 Å². The largest absolute Gasteiger partial charge is 0.311 e. The van der Waals surface area contributed by atoms with Crippen LogP contribution < -0.4 is 5.32 Å². The van der Waals surface area contributed by atoms with E-state index in [0.717, 1.165) is 24.8 Å². The fourth-order valence-electron chi connectivity index (χ4n) is 2.21. The quantitative estimate of drug-likeness (QED) is 0.547. The fourth-order valence-corrected chi connectivity index (χ4v) is 2.34. The van der Waals surface area contributed by atoms with Gasteiger partial charge >= 0.3 is 0 Å². The molecule has 1 fully saturated rings. The first-order chi connectivity index (χ1) is 6.19. The van der Waals surface area contributed by atoms with Crippen molar-refractivity contribution in [3.8, 4) is 0 Å². The van der Waals surface area contributed by atoms with Crippen LogP contribution in [0.4, 0.5) is 0 Å². The van der Waals surface area contributed by atoms with Gasteiger partial charge in [0, 0.05) is 11.4 Å². The summed E-state index contributed by atoms with van der Waals surface area (Å²) in [4.78, 5) is 0. The zero-order valence-corrected chi connectivity index (χ0v) is 9.66. The molecule has 0 radical (unpaired) electrons. The van der Waals surface area contributed by atoms with Gasteiger partial charge in [-0.25, -0.2) is 0 Å². The summed E-state index contributed by atoms with van der Waals surface area (Å²) in [7, 11) is 0. The molecule has 1 nitrogen and oxygen atoms in total. The molecular formula is C11H22ClN. The topological polar surface area (TPSA) is 12.0 Å². The van der Waals surface area contributed by atoms with Gasteiger partial charge in [-0.15, -0.1) is 11.6 Å². The molecule has 0 aromatic rings. The highest BCUT2D eigenvalue weighted by atomic mass is 35.5. The zero-order chi connectivity index (χ0) is 9.73. The Morgan fingerprint density at radius 3 is 2.85 bits per heavy atom. The average molecular weight is 204 g/mol. The summed E-state index contributed by atoms with van der Waals surface area (Å²) < 4.78 is 0. The Hall–Kier alpha value is 0.250. The van der Waals surface area contributed by atoms with E-state index in [1.54, 1.807) is 0 Å². The second kappa shape index (κ2) is 5.21. The van der Waals surface area contributed by atoms with E-state index in [-0.39, 0.29) is 0 Å². The maximum Gasteiger partial charge on any atom is 0.0235 e. The van der Waals surface area contributed by atoms with Crippen molar-refractivity contribution in [1.29, 1.82) is 0 Å². The molecule has 1 aliphatic rings. The molecule has 1 saturated carbocycles. The van der Waals surface area contributed by atoms with Crippen LogP contribution in [0.2, 0.25) is 0 Å². The number of hydrogen-bond donors (Lipinski definition) is 1. The summed E-state index contributed by atoms with van der Waals surface area (Å²) >= 11 is 5.66. The van der Waals surface area contributed by atoms with Gasteiger partial charge in [-0.3, -0.25) is 0 Å². The first-order valence-electron chi connectivity index (χ1n) is 5.50. The lowest BCUT2D eigenvalue weighted by molar-refractivity contribution is 0.175. The lowest BCUT2D eigenvalue weighted by Gasteiger charge is -2.40. The number of halogens is 1. The van der Waals surface area contributed by atoms with E-state index < -0.39 is 0 Å². The third-order valence-electron chi connectivity index (χ3n) is 3.51. The van der Waals surface area contributed by atoms with Crippen molar-refractivity contribution in [3.63, 3.8) is 0 Å². The van der Waals surface area contributed by atoms with Gasteiger partial charge in [0.2, 0.25) is 0 Å². The molecule has 13 heavy (non-hydrogen) atoms. The number of rotatable bonds is 4. The number of nitrogens with one attached hydrogen (secondary N) is 1. The molecule has 0 saturated heterocycles. The average Bonchev–Trinajstić information content (AvgIpc) is 2.11. The summed E-state index contributed by atoms with van der Waals surface area (Å²) in [5.41, 5.74) is 0.379. The van der Waals surface area contributed by atoms with Crippen molar-refractivity contribution in [2.24, 2.45) is 5.92 Å². The summed E-state index contributed by atoms with van der Waals surface area (Å²) in [6, 6.07) is 0. The van der Waals surface area contributed by atoms with Gasteiger partial charge in [0.15, 0.2) is 0 Å². The Morgan fingerprint density at radius 2 is 2.23 bits per heavy atom. The second-order valence-corrected chi connectivity index (χ2v) is 4.91. The molecule has 78 valence electrons. The Morgan fingerprint density at radius 1 is 1.46 bits per heavy atom. The summed E-state index contributed by atoms with van der Waals surface area (Å²) in [5, 5.41) is 3.66. The second-order valence-electron chi connectivity index (χ2n) is 4.53. The third-order valence-corrected chi connectivity index (χ3v) is 3.78. The molecule has 0 bridgehead atoms. The highest BCUT2D eigenvalue weighted by Gasteiger charge is 2.32. The molecular weight excluding hydrogens is 182 g/mol. The fraction of sp³-hybridized carbons (Fsp3) is 1.00. The number of alkyl halides is 1. The van der Waals surface area contributed by atoms with Crippen LogP contribution in [-0.4, -0.2) is 18.0 Å². The van der Waals surface area contributed by atoms with Crippen molar-refractivity contribution in [1.82, 2.24) is 5.32 Å². The Kier molecular flexibility index (Phi) is 4.54. The highest BCUT2D eigenvalue weighted by molar-refractivity contribution is 6.17. The summed E-state index contributed by atoms with van der Waals surface area (Å²) in [6.07, 6.45) is 6.59. The van der Waals surface area contributed by atoms with Gasteiger partial charge in [0.05, 0.1) is 0 Å². The smallest absolute Gasteiger partial charge is 0.0235 e. The molecule has 0 spiro atoms. The van der Waals surface area contributed by atoms with Crippen molar-refractivity contribution in [2.75, 3.05) is 12.4 Å².